The molecule has 1 aliphatic rings. The number of thiol groups is 1. The van der Waals surface area contributed by atoms with E-state index in [1.807, 2.05) is 60.7 Å². The highest BCUT2D eigenvalue weighted by Crippen LogP contribution is 2.44. The van der Waals surface area contributed by atoms with Crippen LogP contribution in [0.1, 0.15) is 33.0 Å². The molecular formula is C29H23NO3S. The maximum absolute atomic E-state index is 12.6. The van der Waals surface area contributed by atoms with Gasteiger partial charge in [0.05, 0.1) is 0 Å². The molecule has 5 heteroatoms. The molecule has 0 radical (unpaired) electrons. The molecular weight excluding hydrogens is 442 g/mol. The quantitative estimate of drug-likeness (QED) is 0.253. The smallest absolute Gasteiger partial charge is 0.407 e. The first-order chi connectivity index (χ1) is 16.7. The Bertz CT molecular complexity index is 1340. The average molecular weight is 466 g/mol. The van der Waals surface area contributed by atoms with Crippen molar-refractivity contribution in [3.05, 3.63) is 113 Å². The number of fused-ring (bicyclic) bond motifs is 3. The van der Waals surface area contributed by atoms with Gasteiger partial charge < -0.3 is 10.1 Å². The van der Waals surface area contributed by atoms with Crippen LogP contribution >= 0.6 is 12.6 Å². The van der Waals surface area contributed by atoms with Gasteiger partial charge in [0.1, 0.15) is 6.61 Å². The Labute approximate surface area is 204 Å². The second-order valence-electron chi connectivity index (χ2n) is 8.20. The number of carbonyl (C=O) groups is 2. The first kappa shape index (κ1) is 22.0. The maximum atomic E-state index is 12.6. The maximum Gasteiger partial charge on any atom is 0.407 e. The lowest BCUT2D eigenvalue weighted by atomic mass is 9.95. The fourth-order valence-corrected chi connectivity index (χ4v) is 5.04. The SMILES string of the molecule is O=Cc1ccccc1-c1c(S)cccc1CNC(=O)OCC1c2ccccc2-c2ccccc21. The number of alkyl carbamates (subject to hydrolysis) is 1. The van der Waals surface area contributed by atoms with Crippen LogP contribution in [-0.2, 0) is 11.3 Å². The van der Waals surface area contributed by atoms with Crippen LogP contribution < -0.4 is 5.32 Å². The van der Waals surface area contributed by atoms with Crippen molar-refractivity contribution in [1.82, 2.24) is 5.32 Å². The van der Waals surface area contributed by atoms with Crippen LogP contribution in [0.3, 0.4) is 0 Å². The van der Waals surface area contributed by atoms with Crippen molar-refractivity contribution < 1.29 is 14.3 Å². The highest BCUT2D eigenvalue weighted by molar-refractivity contribution is 7.80. The third-order valence-electron chi connectivity index (χ3n) is 6.25. The molecule has 0 fully saturated rings. The van der Waals surface area contributed by atoms with E-state index in [-0.39, 0.29) is 19.1 Å². The van der Waals surface area contributed by atoms with Crippen molar-refractivity contribution in [2.75, 3.05) is 6.61 Å². The molecule has 0 bridgehead atoms. The van der Waals surface area contributed by atoms with Gasteiger partial charge in [0, 0.05) is 28.5 Å². The van der Waals surface area contributed by atoms with Crippen molar-refractivity contribution in [1.29, 1.82) is 0 Å². The van der Waals surface area contributed by atoms with Gasteiger partial charge in [0.25, 0.3) is 0 Å². The summed E-state index contributed by atoms with van der Waals surface area (Å²) in [5, 5.41) is 2.86. The number of rotatable bonds is 6. The van der Waals surface area contributed by atoms with Crippen LogP contribution in [0.2, 0.25) is 0 Å². The summed E-state index contributed by atoms with van der Waals surface area (Å²) in [6.07, 6.45) is 0.347. The summed E-state index contributed by atoms with van der Waals surface area (Å²) in [7, 11) is 0. The topological polar surface area (TPSA) is 55.4 Å². The summed E-state index contributed by atoms with van der Waals surface area (Å²) in [6, 6.07) is 29.5. The number of amides is 1. The molecule has 4 nitrogen and oxygen atoms in total. The second-order valence-corrected chi connectivity index (χ2v) is 8.68. The molecule has 1 amide bonds. The second kappa shape index (κ2) is 9.57. The molecule has 0 spiro atoms. The van der Waals surface area contributed by atoms with Gasteiger partial charge in [0.15, 0.2) is 6.29 Å². The molecule has 0 aromatic heterocycles. The number of benzene rings is 4. The summed E-state index contributed by atoms with van der Waals surface area (Å²) in [4.78, 5) is 24.9. The standard InChI is InChI=1S/C29H23NO3S/c31-17-20-8-1-2-10-21(20)28-19(9-7-15-27(28)34)16-30-29(32)33-18-26-24-13-5-3-11-22(24)23-12-4-6-14-25(23)26/h1-15,17,26,34H,16,18H2,(H,30,32). The van der Waals surface area contributed by atoms with Gasteiger partial charge in [-0.05, 0) is 39.4 Å². The fourth-order valence-electron chi connectivity index (χ4n) is 4.69. The minimum Gasteiger partial charge on any atom is -0.449 e. The molecule has 0 unspecified atom stereocenters. The Morgan fingerprint density at radius 2 is 1.44 bits per heavy atom. The highest BCUT2D eigenvalue weighted by Gasteiger charge is 2.29. The van der Waals surface area contributed by atoms with Crippen molar-refractivity contribution in [3.63, 3.8) is 0 Å². The van der Waals surface area contributed by atoms with Crippen LogP contribution in [0.4, 0.5) is 4.79 Å². The minimum atomic E-state index is -0.485. The van der Waals surface area contributed by atoms with Crippen molar-refractivity contribution in [2.45, 2.75) is 17.4 Å². The van der Waals surface area contributed by atoms with Crippen LogP contribution in [0.25, 0.3) is 22.3 Å². The molecule has 1 N–H and O–H groups in total. The third kappa shape index (κ3) is 4.11. The van der Waals surface area contributed by atoms with Crippen molar-refractivity contribution in [2.24, 2.45) is 0 Å². The molecule has 34 heavy (non-hydrogen) atoms. The van der Waals surface area contributed by atoms with E-state index in [4.69, 9.17) is 4.74 Å². The Balaban J connectivity index is 1.31. The lowest BCUT2D eigenvalue weighted by Crippen LogP contribution is -2.26. The largest absolute Gasteiger partial charge is 0.449 e. The number of nitrogens with one attached hydrogen (secondary N) is 1. The van der Waals surface area contributed by atoms with E-state index >= 15 is 0 Å². The van der Waals surface area contributed by atoms with E-state index in [2.05, 4.69) is 42.2 Å². The van der Waals surface area contributed by atoms with E-state index in [0.29, 0.717) is 5.56 Å². The van der Waals surface area contributed by atoms with Gasteiger partial charge in [0.2, 0.25) is 0 Å². The predicted molar refractivity (Wildman–Crippen MR) is 136 cm³/mol. The summed E-state index contributed by atoms with van der Waals surface area (Å²) < 4.78 is 5.66. The van der Waals surface area contributed by atoms with E-state index < -0.39 is 6.09 Å². The van der Waals surface area contributed by atoms with Crippen LogP contribution in [0.15, 0.2) is 95.9 Å². The van der Waals surface area contributed by atoms with E-state index in [1.165, 1.54) is 22.3 Å². The van der Waals surface area contributed by atoms with Crippen LogP contribution in [0, 0.1) is 0 Å². The molecule has 1 aliphatic carbocycles. The Hall–Kier alpha value is -3.83. The first-order valence-electron chi connectivity index (χ1n) is 11.1. The molecule has 0 heterocycles. The summed E-state index contributed by atoms with van der Waals surface area (Å²) in [6.45, 7) is 0.515. The lowest BCUT2D eigenvalue weighted by molar-refractivity contribution is 0.112. The number of ether oxygens (including phenoxy) is 1. The molecule has 168 valence electrons. The van der Waals surface area contributed by atoms with Crippen molar-refractivity contribution in [3.8, 4) is 22.3 Å². The normalized spacial score (nSPS) is 12.0. The molecule has 5 rings (SSSR count). The number of hydrogen-bond acceptors (Lipinski definition) is 4. The zero-order valence-corrected chi connectivity index (χ0v) is 19.3. The van der Waals surface area contributed by atoms with E-state index in [9.17, 15) is 9.59 Å². The number of aldehydes is 1. The monoisotopic (exact) mass is 465 g/mol. The van der Waals surface area contributed by atoms with Crippen molar-refractivity contribution >= 4 is 25.0 Å². The Kier molecular flexibility index (Phi) is 6.19. The van der Waals surface area contributed by atoms with Gasteiger partial charge in [-0.1, -0.05) is 84.9 Å². The zero-order valence-electron chi connectivity index (χ0n) is 18.4. The average Bonchev–Trinajstić information content (AvgIpc) is 3.20. The van der Waals surface area contributed by atoms with Gasteiger partial charge in [-0.25, -0.2) is 4.79 Å². The van der Waals surface area contributed by atoms with Gasteiger partial charge in [-0.3, -0.25) is 4.79 Å². The van der Waals surface area contributed by atoms with Crippen LogP contribution in [0.5, 0.6) is 0 Å². The summed E-state index contributed by atoms with van der Waals surface area (Å²) in [5.74, 6) is 0.00829. The van der Waals surface area contributed by atoms with Gasteiger partial charge in [-0.2, -0.15) is 0 Å². The lowest BCUT2D eigenvalue weighted by Gasteiger charge is -2.16. The molecule has 0 aliphatic heterocycles. The first-order valence-corrected chi connectivity index (χ1v) is 11.6. The summed E-state index contributed by atoms with van der Waals surface area (Å²) in [5.41, 5.74) is 7.77. The molecule has 0 atom stereocenters. The zero-order chi connectivity index (χ0) is 23.5. The minimum absolute atomic E-state index is 0.00829. The van der Waals surface area contributed by atoms with Crippen LogP contribution in [-0.4, -0.2) is 19.0 Å². The van der Waals surface area contributed by atoms with Gasteiger partial charge in [-0.15, -0.1) is 12.6 Å². The van der Waals surface area contributed by atoms with E-state index in [1.54, 1.807) is 6.07 Å². The van der Waals surface area contributed by atoms with Gasteiger partial charge >= 0.3 is 6.09 Å². The Morgan fingerprint density at radius 1 is 0.824 bits per heavy atom. The summed E-state index contributed by atoms with van der Waals surface area (Å²) >= 11 is 4.60. The number of hydrogen-bond donors (Lipinski definition) is 2. The highest BCUT2D eigenvalue weighted by atomic mass is 32.1. The molecule has 4 aromatic rings. The number of carbonyl (C=O) groups excluding carboxylic acids is 2. The Morgan fingerprint density at radius 3 is 2.12 bits per heavy atom. The predicted octanol–water partition coefficient (Wildman–Crippen LogP) is 6.49. The molecule has 4 aromatic carbocycles. The fraction of sp³-hybridized carbons (Fsp3) is 0.103. The molecule has 0 saturated carbocycles. The molecule has 0 saturated heterocycles. The third-order valence-corrected chi connectivity index (χ3v) is 6.63. The van der Waals surface area contributed by atoms with E-state index in [0.717, 1.165) is 27.9 Å².